The lowest BCUT2D eigenvalue weighted by Gasteiger charge is -2.25. The smallest absolute Gasteiger partial charge is 0.333 e. The molecule has 0 bridgehead atoms. The first-order valence-corrected chi connectivity index (χ1v) is 6.67. The summed E-state index contributed by atoms with van der Waals surface area (Å²) >= 11 is 0. The Hall–Kier alpha value is -2.31. The summed E-state index contributed by atoms with van der Waals surface area (Å²) in [4.78, 5) is 21.6. The van der Waals surface area contributed by atoms with Crippen molar-refractivity contribution in [2.24, 2.45) is 0 Å². The van der Waals surface area contributed by atoms with Crippen molar-refractivity contribution in [3.05, 3.63) is 28.3 Å². The number of hydrogen-bond donors (Lipinski definition) is 2. The fourth-order valence-corrected chi connectivity index (χ4v) is 1.93. The van der Waals surface area contributed by atoms with E-state index in [1.165, 1.54) is 6.07 Å². The summed E-state index contributed by atoms with van der Waals surface area (Å²) in [6, 6.07) is 4.71. The van der Waals surface area contributed by atoms with Crippen molar-refractivity contribution < 1.29 is 19.6 Å². The van der Waals surface area contributed by atoms with Gasteiger partial charge in [-0.3, -0.25) is 14.9 Å². The lowest BCUT2D eigenvalue weighted by atomic mass is 10.00. The number of ether oxygens (including phenoxy) is 1. The first-order valence-electron chi connectivity index (χ1n) is 6.67. The molecule has 0 aliphatic heterocycles. The van der Waals surface area contributed by atoms with Gasteiger partial charge in [0.25, 0.3) is 0 Å². The second-order valence-electron chi connectivity index (χ2n) is 5.34. The fraction of sp³-hybridized carbons (Fsp3) is 0.500. The zero-order valence-electron chi connectivity index (χ0n) is 12.4. The molecule has 0 fully saturated rings. The van der Waals surface area contributed by atoms with E-state index in [9.17, 15) is 14.9 Å². The van der Waals surface area contributed by atoms with Crippen molar-refractivity contribution >= 4 is 17.3 Å². The van der Waals surface area contributed by atoms with E-state index in [1.54, 1.807) is 26.0 Å². The molecule has 1 aromatic rings. The third-order valence-corrected chi connectivity index (χ3v) is 2.71. The van der Waals surface area contributed by atoms with Gasteiger partial charge >= 0.3 is 11.7 Å². The van der Waals surface area contributed by atoms with E-state index < -0.39 is 16.4 Å². The highest BCUT2D eigenvalue weighted by Gasteiger charge is 2.27. The second kappa shape index (κ2) is 6.92. The molecule has 0 aliphatic rings. The maximum Gasteiger partial charge on any atom is 0.333 e. The number of nitrogens with zero attached hydrogens (tertiary/aromatic N) is 1. The third kappa shape index (κ3) is 4.94. The van der Waals surface area contributed by atoms with Crippen LogP contribution in [-0.2, 0) is 4.79 Å². The Balaban J connectivity index is 3.11. The highest BCUT2D eigenvalue weighted by molar-refractivity contribution is 5.72. The molecule has 0 radical (unpaired) electrons. The van der Waals surface area contributed by atoms with Crippen LogP contribution < -0.4 is 10.1 Å². The SMILES string of the molecule is CCCOc1cccc(NC(C)(C)CC(=O)O)c1[N+](=O)[O-]. The van der Waals surface area contributed by atoms with Crippen LogP contribution in [-0.4, -0.2) is 28.1 Å². The van der Waals surface area contributed by atoms with Crippen LogP contribution in [0.2, 0.25) is 0 Å². The van der Waals surface area contributed by atoms with Gasteiger partial charge in [-0.05, 0) is 32.4 Å². The lowest BCUT2D eigenvalue weighted by molar-refractivity contribution is -0.385. The number of hydrogen-bond acceptors (Lipinski definition) is 5. The summed E-state index contributed by atoms with van der Waals surface area (Å²) in [5, 5.41) is 23.1. The molecular weight excluding hydrogens is 276 g/mol. The second-order valence-corrected chi connectivity index (χ2v) is 5.34. The molecule has 0 unspecified atom stereocenters. The van der Waals surface area contributed by atoms with E-state index in [0.29, 0.717) is 6.61 Å². The van der Waals surface area contributed by atoms with Crippen LogP contribution in [0.25, 0.3) is 0 Å². The third-order valence-electron chi connectivity index (χ3n) is 2.71. The normalized spacial score (nSPS) is 11.0. The van der Waals surface area contributed by atoms with E-state index >= 15 is 0 Å². The number of nitrogens with one attached hydrogen (secondary N) is 1. The summed E-state index contributed by atoms with van der Waals surface area (Å²) in [5.74, 6) is -0.800. The molecule has 0 amide bonds. The molecule has 1 aromatic carbocycles. The van der Waals surface area contributed by atoms with Gasteiger partial charge in [-0.25, -0.2) is 0 Å². The topological polar surface area (TPSA) is 102 Å². The molecular formula is C14H20N2O5. The van der Waals surface area contributed by atoms with Gasteiger partial charge in [-0.1, -0.05) is 13.0 Å². The van der Waals surface area contributed by atoms with Crippen LogP contribution in [0.1, 0.15) is 33.6 Å². The number of benzene rings is 1. The maximum absolute atomic E-state index is 11.3. The van der Waals surface area contributed by atoms with E-state index in [-0.39, 0.29) is 23.5 Å². The number of para-hydroxylation sites is 1. The quantitative estimate of drug-likeness (QED) is 0.564. The van der Waals surface area contributed by atoms with Gasteiger partial charge in [-0.2, -0.15) is 0 Å². The predicted molar refractivity (Wildman–Crippen MR) is 78.8 cm³/mol. The van der Waals surface area contributed by atoms with Crippen LogP contribution in [0.3, 0.4) is 0 Å². The number of nitro groups is 1. The van der Waals surface area contributed by atoms with Crippen molar-refractivity contribution in [2.45, 2.75) is 39.2 Å². The minimum absolute atomic E-state index is 0.163. The maximum atomic E-state index is 11.3. The summed E-state index contributed by atoms with van der Waals surface area (Å²) in [6.45, 7) is 5.63. The molecule has 1 rings (SSSR count). The first-order chi connectivity index (χ1) is 9.76. The van der Waals surface area contributed by atoms with Gasteiger partial charge < -0.3 is 15.2 Å². The highest BCUT2D eigenvalue weighted by atomic mass is 16.6. The number of rotatable bonds is 8. The van der Waals surface area contributed by atoms with E-state index in [4.69, 9.17) is 9.84 Å². The number of carbonyl (C=O) groups is 1. The van der Waals surface area contributed by atoms with Gasteiger partial charge in [0.15, 0.2) is 5.75 Å². The van der Waals surface area contributed by atoms with Crippen LogP contribution in [0, 0.1) is 10.1 Å². The van der Waals surface area contributed by atoms with E-state index in [2.05, 4.69) is 5.32 Å². The van der Waals surface area contributed by atoms with Crippen molar-refractivity contribution in [3.63, 3.8) is 0 Å². The zero-order valence-corrected chi connectivity index (χ0v) is 12.4. The molecule has 7 heteroatoms. The number of carboxylic acid groups (broad SMARTS) is 1. The van der Waals surface area contributed by atoms with Crippen molar-refractivity contribution in [1.29, 1.82) is 0 Å². The average Bonchev–Trinajstić information content (AvgIpc) is 2.33. The number of carboxylic acids is 1. The summed E-state index contributed by atoms with van der Waals surface area (Å²) in [7, 11) is 0. The van der Waals surface area contributed by atoms with Gasteiger partial charge in [-0.15, -0.1) is 0 Å². The van der Waals surface area contributed by atoms with Gasteiger partial charge in [0.05, 0.1) is 18.0 Å². The molecule has 0 saturated carbocycles. The summed E-state index contributed by atoms with van der Waals surface area (Å²) in [5.41, 5.74) is -0.746. The Morgan fingerprint density at radius 1 is 1.48 bits per heavy atom. The molecule has 0 aromatic heterocycles. The molecule has 2 N–H and O–H groups in total. The monoisotopic (exact) mass is 296 g/mol. The molecule has 116 valence electrons. The average molecular weight is 296 g/mol. The standard InChI is InChI=1S/C14H20N2O5/c1-4-8-21-11-7-5-6-10(13(11)16(19)20)15-14(2,3)9-12(17)18/h5-7,15H,4,8-9H2,1-3H3,(H,17,18). The molecule has 0 atom stereocenters. The van der Waals surface area contributed by atoms with Crippen LogP contribution in [0.4, 0.5) is 11.4 Å². The molecule has 0 aliphatic carbocycles. The number of anilines is 1. The molecule has 7 nitrogen and oxygen atoms in total. The minimum atomic E-state index is -0.978. The Kier molecular flexibility index (Phi) is 5.52. The van der Waals surface area contributed by atoms with Crippen molar-refractivity contribution in [1.82, 2.24) is 0 Å². The minimum Gasteiger partial charge on any atom is -0.487 e. The number of aliphatic carboxylic acids is 1. The van der Waals surface area contributed by atoms with Crippen LogP contribution in [0.15, 0.2) is 18.2 Å². The Labute approximate surface area is 123 Å². The van der Waals surface area contributed by atoms with Gasteiger partial charge in [0, 0.05) is 5.54 Å². The van der Waals surface area contributed by atoms with Gasteiger partial charge in [0.2, 0.25) is 0 Å². The highest BCUT2D eigenvalue weighted by Crippen LogP contribution is 2.36. The van der Waals surface area contributed by atoms with Crippen LogP contribution in [0.5, 0.6) is 5.75 Å². The summed E-state index contributed by atoms with van der Waals surface area (Å²) < 4.78 is 5.39. The lowest BCUT2D eigenvalue weighted by Crippen LogP contribution is -2.33. The molecule has 0 spiro atoms. The van der Waals surface area contributed by atoms with Crippen LogP contribution >= 0.6 is 0 Å². The Morgan fingerprint density at radius 2 is 2.14 bits per heavy atom. The molecule has 0 heterocycles. The molecule has 0 saturated heterocycles. The van der Waals surface area contributed by atoms with Crippen molar-refractivity contribution in [2.75, 3.05) is 11.9 Å². The molecule has 21 heavy (non-hydrogen) atoms. The van der Waals surface area contributed by atoms with E-state index in [1.807, 2.05) is 6.92 Å². The first kappa shape index (κ1) is 16.7. The van der Waals surface area contributed by atoms with E-state index in [0.717, 1.165) is 6.42 Å². The fourth-order valence-electron chi connectivity index (χ4n) is 1.93. The summed E-state index contributed by atoms with van der Waals surface area (Å²) in [6.07, 6.45) is 0.573. The number of nitro benzene ring substituents is 1. The Morgan fingerprint density at radius 3 is 2.67 bits per heavy atom. The Bertz CT molecular complexity index is 528. The predicted octanol–water partition coefficient (Wildman–Crippen LogP) is 3.05. The zero-order chi connectivity index (χ0) is 16.0. The largest absolute Gasteiger partial charge is 0.487 e. The van der Waals surface area contributed by atoms with Gasteiger partial charge in [0.1, 0.15) is 5.69 Å². The van der Waals surface area contributed by atoms with Crippen molar-refractivity contribution in [3.8, 4) is 5.75 Å².